The van der Waals surface area contributed by atoms with E-state index in [0.717, 1.165) is 4.47 Å². The van der Waals surface area contributed by atoms with Crippen molar-refractivity contribution in [3.63, 3.8) is 0 Å². The maximum absolute atomic E-state index is 13.3. The van der Waals surface area contributed by atoms with Gasteiger partial charge in [-0.15, -0.1) is 0 Å². The number of para-hydroxylation sites is 1. The Kier molecular flexibility index (Phi) is 3.84. The van der Waals surface area contributed by atoms with Gasteiger partial charge in [-0.2, -0.15) is 0 Å². The second-order valence-corrected chi connectivity index (χ2v) is 7.30. The van der Waals surface area contributed by atoms with Crippen molar-refractivity contribution in [3.05, 3.63) is 58.6 Å². The maximum Gasteiger partial charge on any atom is 0.271 e. The summed E-state index contributed by atoms with van der Waals surface area (Å²) in [4.78, 5) is 41.6. The number of nitrogens with zero attached hydrogens (tertiary/aromatic N) is 2. The third kappa shape index (κ3) is 2.27. The predicted octanol–water partition coefficient (Wildman–Crippen LogP) is 3.00. The molecule has 0 saturated carbocycles. The third-order valence-corrected chi connectivity index (χ3v) is 5.54. The molecule has 4 rings (SSSR count). The van der Waals surface area contributed by atoms with E-state index in [2.05, 4.69) is 21.2 Å². The molecule has 0 bridgehead atoms. The van der Waals surface area contributed by atoms with Gasteiger partial charge in [-0.3, -0.25) is 19.3 Å². The van der Waals surface area contributed by atoms with Crippen LogP contribution in [0.5, 0.6) is 0 Å². The number of benzene rings is 2. The Hall–Kier alpha value is -2.67. The Bertz CT molecular complexity index is 928. The summed E-state index contributed by atoms with van der Waals surface area (Å²) in [6.07, 6.45) is 0.463. The van der Waals surface area contributed by atoms with Crippen LogP contribution >= 0.6 is 15.9 Å². The van der Waals surface area contributed by atoms with Crippen molar-refractivity contribution in [3.8, 4) is 0 Å². The predicted molar refractivity (Wildman–Crippen MR) is 101 cm³/mol. The molecule has 1 atom stereocenters. The molecule has 1 N–H and O–H groups in total. The van der Waals surface area contributed by atoms with Crippen LogP contribution in [0.25, 0.3) is 0 Å². The number of fused-ring (bicyclic) bond motifs is 3. The zero-order chi connectivity index (χ0) is 18.5. The molecule has 2 aliphatic heterocycles. The molecule has 2 aliphatic rings. The molecule has 0 aliphatic carbocycles. The normalized spacial score (nSPS) is 21.5. The van der Waals surface area contributed by atoms with E-state index in [0.29, 0.717) is 16.9 Å². The number of amides is 3. The average molecular weight is 414 g/mol. The van der Waals surface area contributed by atoms with Crippen LogP contribution in [-0.2, 0) is 9.59 Å². The number of hydrogen-bond acceptors (Lipinski definition) is 3. The second-order valence-electron chi connectivity index (χ2n) is 6.39. The fourth-order valence-corrected chi connectivity index (χ4v) is 3.96. The summed E-state index contributed by atoms with van der Waals surface area (Å²) < 4.78 is 0.894. The molecule has 0 aromatic heterocycles. The largest absolute Gasteiger partial charge is 0.322 e. The molecule has 1 saturated heterocycles. The van der Waals surface area contributed by atoms with Crippen LogP contribution in [0.15, 0.2) is 53.0 Å². The molecule has 2 aromatic carbocycles. The van der Waals surface area contributed by atoms with Gasteiger partial charge in [0, 0.05) is 30.0 Å². The number of hydrogen-bond donors (Lipinski definition) is 1. The van der Waals surface area contributed by atoms with E-state index in [1.807, 2.05) is 12.1 Å². The van der Waals surface area contributed by atoms with Gasteiger partial charge in [-0.1, -0.05) is 28.1 Å². The van der Waals surface area contributed by atoms with Crippen molar-refractivity contribution in [2.24, 2.45) is 0 Å². The maximum atomic E-state index is 13.3. The van der Waals surface area contributed by atoms with Crippen molar-refractivity contribution in [1.29, 1.82) is 0 Å². The average Bonchev–Trinajstić information content (AvgIpc) is 3.00. The van der Waals surface area contributed by atoms with Crippen LogP contribution in [0.4, 0.5) is 11.4 Å². The van der Waals surface area contributed by atoms with Gasteiger partial charge in [-0.05, 0) is 36.4 Å². The van der Waals surface area contributed by atoms with Crippen LogP contribution in [0.2, 0.25) is 0 Å². The van der Waals surface area contributed by atoms with E-state index < -0.39 is 11.6 Å². The molecule has 0 unspecified atom stereocenters. The van der Waals surface area contributed by atoms with E-state index in [1.54, 1.807) is 43.4 Å². The fraction of sp³-hybridized carbons (Fsp3) is 0.211. The number of nitrogens with one attached hydrogen (secondary N) is 1. The molecule has 0 radical (unpaired) electrons. The van der Waals surface area contributed by atoms with Gasteiger partial charge in [0.2, 0.25) is 11.6 Å². The minimum Gasteiger partial charge on any atom is -0.322 e. The van der Waals surface area contributed by atoms with E-state index >= 15 is 0 Å². The van der Waals surface area contributed by atoms with E-state index in [4.69, 9.17) is 0 Å². The first-order valence-corrected chi connectivity index (χ1v) is 9.02. The Labute approximate surface area is 158 Å². The SMILES string of the molecule is CN1C(=O)c2ccccc2N2C(=O)CC[C@@]12C(=O)Nc1ccc(Br)cc1. The smallest absolute Gasteiger partial charge is 0.271 e. The summed E-state index contributed by atoms with van der Waals surface area (Å²) in [5, 5.41) is 2.86. The quantitative estimate of drug-likeness (QED) is 0.822. The number of anilines is 2. The number of halogens is 1. The van der Waals surface area contributed by atoms with Crippen LogP contribution < -0.4 is 10.2 Å². The molecule has 7 heteroatoms. The summed E-state index contributed by atoms with van der Waals surface area (Å²) in [6.45, 7) is 0. The van der Waals surface area contributed by atoms with Gasteiger partial charge >= 0.3 is 0 Å². The minimum atomic E-state index is -1.35. The number of carbonyl (C=O) groups excluding carboxylic acids is 3. The topological polar surface area (TPSA) is 69.7 Å². The summed E-state index contributed by atoms with van der Waals surface area (Å²) in [5.74, 6) is -0.823. The highest BCUT2D eigenvalue weighted by molar-refractivity contribution is 9.10. The van der Waals surface area contributed by atoms with Gasteiger partial charge in [0.05, 0.1) is 11.3 Å². The van der Waals surface area contributed by atoms with Crippen molar-refractivity contribution in [2.75, 3.05) is 17.3 Å². The van der Waals surface area contributed by atoms with Gasteiger partial charge < -0.3 is 10.2 Å². The van der Waals surface area contributed by atoms with Crippen molar-refractivity contribution in [1.82, 2.24) is 4.90 Å². The Balaban J connectivity index is 1.80. The third-order valence-electron chi connectivity index (χ3n) is 5.01. The summed E-state index contributed by atoms with van der Waals surface area (Å²) in [5.41, 5.74) is 0.170. The summed E-state index contributed by atoms with van der Waals surface area (Å²) in [6, 6.07) is 14.1. The van der Waals surface area contributed by atoms with E-state index in [9.17, 15) is 14.4 Å². The van der Waals surface area contributed by atoms with E-state index in [1.165, 1.54) is 9.80 Å². The molecule has 26 heavy (non-hydrogen) atoms. The molecular weight excluding hydrogens is 398 g/mol. The lowest BCUT2D eigenvalue weighted by Crippen LogP contribution is -2.68. The monoisotopic (exact) mass is 413 g/mol. The second kappa shape index (κ2) is 5.95. The van der Waals surface area contributed by atoms with Gasteiger partial charge in [-0.25, -0.2) is 0 Å². The highest BCUT2D eigenvalue weighted by Crippen LogP contribution is 2.44. The molecule has 132 valence electrons. The molecule has 2 aromatic rings. The number of rotatable bonds is 2. The summed E-state index contributed by atoms with van der Waals surface area (Å²) in [7, 11) is 1.57. The highest BCUT2D eigenvalue weighted by atomic mass is 79.9. The Morgan fingerprint density at radius 2 is 1.81 bits per heavy atom. The lowest BCUT2D eigenvalue weighted by atomic mass is 9.96. The zero-order valence-electron chi connectivity index (χ0n) is 14.0. The first kappa shape index (κ1) is 16.8. The van der Waals surface area contributed by atoms with Crippen molar-refractivity contribution in [2.45, 2.75) is 18.5 Å². The van der Waals surface area contributed by atoms with E-state index in [-0.39, 0.29) is 24.7 Å². The first-order valence-electron chi connectivity index (χ1n) is 8.22. The minimum absolute atomic E-state index is 0.164. The lowest BCUT2D eigenvalue weighted by Gasteiger charge is -2.47. The molecule has 0 spiro atoms. The molecule has 2 heterocycles. The Morgan fingerprint density at radius 3 is 2.54 bits per heavy atom. The lowest BCUT2D eigenvalue weighted by molar-refractivity contribution is -0.128. The molecule has 3 amide bonds. The van der Waals surface area contributed by atoms with Gasteiger partial charge in [0.25, 0.3) is 11.8 Å². The number of likely N-dealkylation sites (N-methyl/N-ethyl adjacent to an activating group) is 1. The first-order chi connectivity index (χ1) is 12.4. The number of carbonyl (C=O) groups is 3. The van der Waals surface area contributed by atoms with Crippen LogP contribution in [0.3, 0.4) is 0 Å². The van der Waals surface area contributed by atoms with Crippen LogP contribution in [-0.4, -0.2) is 35.3 Å². The van der Waals surface area contributed by atoms with Crippen molar-refractivity contribution >= 4 is 45.0 Å². The van der Waals surface area contributed by atoms with Gasteiger partial charge in [0.1, 0.15) is 0 Å². The summed E-state index contributed by atoms with van der Waals surface area (Å²) >= 11 is 3.36. The van der Waals surface area contributed by atoms with Crippen molar-refractivity contribution < 1.29 is 14.4 Å². The van der Waals surface area contributed by atoms with Crippen LogP contribution in [0.1, 0.15) is 23.2 Å². The highest BCUT2D eigenvalue weighted by Gasteiger charge is 2.59. The van der Waals surface area contributed by atoms with Crippen LogP contribution in [0, 0.1) is 0 Å². The molecule has 6 nitrogen and oxygen atoms in total. The van der Waals surface area contributed by atoms with Gasteiger partial charge in [0.15, 0.2) is 0 Å². The molecule has 1 fully saturated rings. The Morgan fingerprint density at radius 1 is 1.12 bits per heavy atom. The molecular formula is C19H16BrN3O3. The standard InChI is InChI=1S/C19H16BrN3O3/c1-22-17(25)14-4-2-3-5-15(14)23-16(24)10-11-19(22,23)18(26)21-13-8-6-12(20)7-9-13/h2-9H,10-11H2,1H3,(H,21,26)/t19-/m1/s1. The zero-order valence-corrected chi connectivity index (χ0v) is 15.6. The fourth-order valence-electron chi connectivity index (χ4n) is 3.69.